The molecule has 0 spiro atoms. The Bertz CT molecular complexity index is 1590. The summed E-state index contributed by atoms with van der Waals surface area (Å²) in [6.45, 7) is 2.07. The molecule has 0 atom stereocenters. The van der Waals surface area contributed by atoms with Crippen molar-refractivity contribution in [1.29, 1.82) is 0 Å². The highest BCUT2D eigenvalue weighted by Gasteiger charge is 2.31. The Morgan fingerprint density at radius 1 is 1.14 bits per heavy atom. The first-order valence-corrected chi connectivity index (χ1v) is 12.3. The summed E-state index contributed by atoms with van der Waals surface area (Å²) in [6.07, 6.45) is 4.93. The van der Waals surface area contributed by atoms with Crippen LogP contribution < -0.4 is 5.73 Å². The molecular weight excluding hydrogens is 455 g/mol. The van der Waals surface area contributed by atoms with Gasteiger partial charge in [0.2, 0.25) is 0 Å². The number of H-pyrrole nitrogens is 1. The molecule has 1 aliphatic rings. The van der Waals surface area contributed by atoms with Crippen LogP contribution in [0.3, 0.4) is 0 Å². The van der Waals surface area contributed by atoms with Crippen molar-refractivity contribution in [3.05, 3.63) is 77.6 Å². The first-order valence-electron chi connectivity index (χ1n) is 12.3. The van der Waals surface area contributed by atoms with Crippen LogP contribution in [0.4, 0.5) is 10.2 Å². The fourth-order valence-corrected chi connectivity index (χ4v) is 5.53. The Morgan fingerprint density at radius 2 is 1.94 bits per heavy atom. The SMILES string of the molecule is Cc1cccc2cc(-c3nc(C4CCC(C(=O)Cc5cccc(F)c5)CC4)n4ncnc(N)c34)[nH]c12. The molecule has 0 saturated heterocycles. The predicted octanol–water partition coefficient (Wildman–Crippen LogP) is 5.39. The van der Waals surface area contributed by atoms with Crippen LogP contribution in [0.25, 0.3) is 27.8 Å². The van der Waals surface area contributed by atoms with E-state index in [1.54, 1.807) is 12.1 Å². The normalized spacial score (nSPS) is 18.2. The zero-order chi connectivity index (χ0) is 24.8. The molecule has 3 N–H and O–H groups in total. The Labute approximate surface area is 207 Å². The molecule has 1 saturated carbocycles. The number of nitrogens with zero attached hydrogens (tertiary/aromatic N) is 4. The summed E-state index contributed by atoms with van der Waals surface area (Å²) in [6, 6.07) is 14.6. The number of hydrogen-bond acceptors (Lipinski definition) is 5. The van der Waals surface area contributed by atoms with Gasteiger partial charge in [0, 0.05) is 29.2 Å². The number of benzene rings is 2. The number of aromatic amines is 1. The lowest BCUT2D eigenvalue weighted by Crippen LogP contribution is -2.23. The molecule has 5 aromatic rings. The van der Waals surface area contributed by atoms with Crippen LogP contribution in [-0.2, 0) is 11.2 Å². The number of para-hydroxylation sites is 1. The topological polar surface area (TPSA) is 102 Å². The lowest BCUT2D eigenvalue weighted by molar-refractivity contribution is -0.123. The molecule has 8 heteroatoms. The average Bonchev–Trinajstić information content (AvgIpc) is 3.48. The van der Waals surface area contributed by atoms with Gasteiger partial charge in [-0.1, -0.05) is 30.3 Å². The maximum atomic E-state index is 13.5. The van der Waals surface area contributed by atoms with Crippen LogP contribution in [0.1, 0.15) is 48.6 Å². The Morgan fingerprint density at radius 3 is 2.72 bits per heavy atom. The standard InChI is InChI=1S/C28H27FN6O/c1-16-4-2-6-20-14-22(33-24(16)20)25-26-27(30)31-15-32-35(26)28(34-25)19-10-8-18(9-11-19)23(36)13-17-5-3-7-21(29)12-17/h2-7,12,14-15,18-19,33H,8-11,13H2,1H3,(H2,30,31,32). The fraction of sp³-hybridized carbons (Fsp3) is 0.286. The first-order chi connectivity index (χ1) is 17.5. The minimum absolute atomic E-state index is 0.0217. The Balaban J connectivity index is 1.28. The van der Waals surface area contributed by atoms with E-state index in [1.165, 1.54) is 18.5 Å². The van der Waals surface area contributed by atoms with Gasteiger partial charge in [0.05, 0.1) is 5.69 Å². The number of ketones is 1. The number of Topliss-reactive ketones (excluding diaryl/α,β-unsaturated/α-hetero) is 1. The molecule has 7 nitrogen and oxygen atoms in total. The number of hydrogen-bond donors (Lipinski definition) is 2. The molecule has 1 fully saturated rings. The smallest absolute Gasteiger partial charge is 0.153 e. The van der Waals surface area contributed by atoms with Gasteiger partial charge in [-0.3, -0.25) is 4.79 Å². The van der Waals surface area contributed by atoms with Crippen LogP contribution in [-0.4, -0.2) is 30.3 Å². The van der Waals surface area contributed by atoms with Gasteiger partial charge in [0.25, 0.3) is 0 Å². The van der Waals surface area contributed by atoms with E-state index in [-0.39, 0.29) is 29.9 Å². The quantitative estimate of drug-likeness (QED) is 0.350. The molecule has 3 heterocycles. The number of rotatable bonds is 5. The van der Waals surface area contributed by atoms with Gasteiger partial charge in [-0.2, -0.15) is 5.10 Å². The molecule has 1 aliphatic carbocycles. The highest BCUT2D eigenvalue weighted by Crippen LogP contribution is 2.39. The molecule has 0 bridgehead atoms. The second kappa shape index (κ2) is 8.86. The van der Waals surface area contributed by atoms with Crippen LogP contribution in [0.5, 0.6) is 0 Å². The van der Waals surface area contributed by atoms with Crippen LogP contribution in [0.15, 0.2) is 54.9 Å². The predicted molar refractivity (Wildman–Crippen MR) is 137 cm³/mol. The zero-order valence-corrected chi connectivity index (χ0v) is 20.0. The number of nitrogens with two attached hydrogens (primary N) is 1. The number of imidazole rings is 1. The van der Waals surface area contributed by atoms with E-state index in [0.717, 1.165) is 64.9 Å². The Kier molecular flexibility index (Phi) is 5.51. The number of nitrogens with one attached hydrogen (secondary N) is 1. The van der Waals surface area contributed by atoms with Gasteiger partial charge in [-0.15, -0.1) is 0 Å². The molecule has 0 unspecified atom stereocenters. The third-order valence-corrected chi connectivity index (χ3v) is 7.42. The van der Waals surface area contributed by atoms with Gasteiger partial charge >= 0.3 is 0 Å². The van der Waals surface area contributed by atoms with Crippen molar-refractivity contribution >= 4 is 28.0 Å². The number of carbonyl (C=O) groups excluding carboxylic acids is 1. The van der Waals surface area contributed by atoms with E-state index in [9.17, 15) is 9.18 Å². The molecule has 0 amide bonds. The zero-order valence-electron chi connectivity index (χ0n) is 20.0. The summed E-state index contributed by atoms with van der Waals surface area (Å²) in [7, 11) is 0. The summed E-state index contributed by atoms with van der Waals surface area (Å²) in [5.41, 5.74) is 11.6. The summed E-state index contributed by atoms with van der Waals surface area (Å²) in [4.78, 5) is 25.7. The molecule has 3 aromatic heterocycles. The number of fused-ring (bicyclic) bond motifs is 2. The first kappa shape index (κ1) is 22.4. The number of anilines is 1. The van der Waals surface area contributed by atoms with Gasteiger partial charge in [-0.25, -0.2) is 18.9 Å². The number of carbonyl (C=O) groups is 1. The highest BCUT2D eigenvalue weighted by molar-refractivity contribution is 5.92. The van der Waals surface area contributed by atoms with Crippen LogP contribution in [0.2, 0.25) is 0 Å². The van der Waals surface area contributed by atoms with Crippen LogP contribution >= 0.6 is 0 Å². The third-order valence-electron chi connectivity index (χ3n) is 7.42. The molecule has 2 aromatic carbocycles. The minimum Gasteiger partial charge on any atom is -0.382 e. The van der Waals surface area contributed by atoms with Crippen molar-refractivity contribution in [2.24, 2.45) is 5.92 Å². The van der Waals surface area contributed by atoms with Gasteiger partial charge in [0.15, 0.2) is 5.82 Å². The van der Waals surface area contributed by atoms with E-state index in [0.29, 0.717) is 11.3 Å². The van der Waals surface area contributed by atoms with E-state index in [4.69, 9.17) is 10.7 Å². The summed E-state index contributed by atoms with van der Waals surface area (Å²) in [5, 5.41) is 5.61. The van der Waals surface area contributed by atoms with E-state index in [2.05, 4.69) is 40.2 Å². The molecule has 182 valence electrons. The summed E-state index contributed by atoms with van der Waals surface area (Å²) >= 11 is 0. The van der Waals surface area contributed by atoms with E-state index < -0.39 is 0 Å². The maximum Gasteiger partial charge on any atom is 0.153 e. The molecule has 0 aliphatic heterocycles. The summed E-state index contributed by atoms with van der Waals surface area (Å²) in [5.74, 6) is 1.23. The lowest BCUT2D eigenvalue weighted by atomic mass is 9.78. The van der Waals surface area contributed by atoms with E-state index >= 15 is 0 Å². The molecular formula is C28H27FN6O. The van der Waals surface area contributed by atoms with Crippen molar-refractivity contribution in [3.8, 4) is 11.4 Å². The van der Waals surface area contributed by atoms with Crippen molar-refractivity contribution in [1.82, 2.24) is 24.6 Å². The van der Waals surface area contributed by atoms with Gasteiger partial charge in [0.1, 0.15) is 35.0 Å². The maximum absolute atomic E-state index is 13.5. The monoisotopic (exact) mass is 482 g/mol. The minimum atomic E-state index is -0.308. The van der Waals surface area contributed by atoms with Gasteiger partial charge < -0.3 is 10.7 Å². The largest absolute Gasteiger partial charge is 0.382 e. The second-order valence-corrected chi connectivity index (χ2v) is 9.77. The van der Waals surface area contributed by atoms with E-state index in [1.807, 2.05) is 10.6 Å². The molecule has 6 rings (SSSR count). The Hall–Kier alpha value is -4.07. The van der Waals surface area contributed by atoms with Crippen molar-refractivity contribution in [3.63, 3.8) is 0 Å². The lowest BCUT2D eigenvalue weighted by Gasteiger charge is -2.26. The van der Waals surface area contributed by atoms with Gasteiger partial charge in [-0.05, 0) is 61.9 Å². The molecule has 36 heavy (non-hydrogen) atoms. The van der Waals surface area contributed by atoms with Crippen LogP contribution in [0, 0.1) is 18.7 Å². The number of halogens is 1. The average molecular weight is 483 g/mol. The number of aryl methyl sites for hydroxylation is 1. The molecule has 0 radical (unpaired) electrons. The second-order valence-electron chi connectivity index (χ2n) is 9.77. The third kappa shape index (κ3) is 3.92. The fourth-order valence-electron chi connectivity index (χ4n) is 5.53. The van der Waals surface area contributed by atoms with Crippen molar-refractivity contribution < 1.29 is 9.18 Å². The number of aromatic nitrogens is 5. The van der Waals surface area contributed by atoms with Crippen molar-refractivity contribution in [2.75, 3.05) is 5.73 Å². The summed E-state index contributed by atoms with van der Waals surface area (Å²) < 4.78 is 15.3. The highest BCUT2D eigenvalue weighted by atomic mass is 19.1. The number of nitrogen functional groups attached to an aromatic ring is 1. The van der Waals surface area contributed by atoms with Crippen molar-refractivity contribution in [2.45, 2.75) is 44.9 Å².